The summed E-state index contributed by atoms with van der Waals surface area (Å²) in [7, 11) is 1.67. The van der Waals surface area contributed by atoms with Gasteiger partial charge >= 0.3 is 0 Å². The fraction of sp³-hybridized carbons (Fsp3) is 0.333. The molecular formula is C18H22ClNO. The highest BCUT2D eigenvalue weighted by molar-refractivity contribution is 6.21. The predicted octanol–water partition coefficient (Wildman–Crippen LogP) is 4.50. The maximum atomic E-state index is 6.56. The van der Waals surface area contributed by atoms with Gasteiger partial charge in [0.05, 0.1) is 12.5 Å². The summed E-state index contributed by atoms with van der Waals surface area (Å²) in [6.07, 6.45) is 0. The quantitative estimate of drug-likeness (QED) is 0.698. The standard InChI is InChI=1S/C18H22ClNO/c1-3-20(13-15-7-5-4-6-8-15)14-18(19)16-9-11-17(21-2)12-10-16/h4-12,18H,3,13-14H2,1-2H3. The van der Waals surface area contributed by atoms with E-state index in [9.17, 15) is 0 Å². The SMILES string of the molecule is CCN(Cc1ccccc1)CC(Cl)c1ccc(OC)cc1. The average Bonchev–Trinajstić information content (AvgIpc) is 2.55. The van der Waals surface area contributed by atoms with Crippen LogP contribution in [-0.2, 0) is 6.54 Å². The first-order chi connectivity index (χ1) is 10.2. The van der Waals surface area contributed by atoms with Crippen LogP contribution in [0.4, 0.5) is 0 Å². The summed E-state index contributed by atoms with van der Waals surface area (Å²) in [5.41, 5.74) is 2.45. The van der Waals surface area contributed by atoms with Gasteiger partial charge in [-0.1, -0.05) is 49.4 Å². The molecule has 0 amide bonds. The molecule has 112 valence electrons. The van der Waals surface area contributed by atoms with E-state index in [2.05, 4.69) is 36.1 Å². The number of nitrogens with zero attached hydrogens (tertiary/aromatic N) is 1. The van der Waals surface area contributed by atoms with Gasteiger partial charge in [-0.2, -0.15) is 0 Å². The minimum atomic E-state index is -0.0143. The molecule has 0 radical (unpaired) electrons. The first kappa shape index (κ1) is 15.9. The van der Waals surface area contributed by atoms with Gasteiger partial charge in [-0.05, 0) is 29.8 Å². The van der Waals surface area contributed by atoms with Gasteiger partial charge in [0, 0.05) is 13.1 Å². The maximum absolute atomic E-state index is 6.56. The van der Waals surface area contributed by atoms with Gasteiger partial charge in [-0.25, -0.2) is 0 Å². The highest BCUT2D eigenvalue weighted by atomic mass is 35.5. The molecule has 0 spiro atoms. The van der Waals surface area contributed by atoms with E-state index in [-0.39, 0.29) is 5.38 Å². The molecule has 2 aromatic rings. The van der Waals surface area contributed by atoms with Crippen LogP contribution in [0, 0.1) is 0 Å². The molecule has 21 heavy (non-hydrogen) atoms. The molecule has 0 aliphatic rings. The Morgan fingerprint density at radius 2 is 1.71 bits per heavy atom. The van der Waals surface area contributed by atoms with Crippen LogP contribution >= 0.6 is 11.6 Å². The van der Waals surface area contributed by atoms with E-state index >= 15 is 0 Å². The lowest BCUT2D eigenvalue weighted by molar-refractivity contribution is 0.280. The molecule has 0 fully saturated rings. The number of methoxy groups -OCH3 is 1. The molecule has 0 heterocycles. The van der Waals surface area contributed by atoms with Crippen LogP contribution in [-0.4, -0.2) is 25.1 Å². The van der Waals surface area contributed by atoms with Crippen molar-refractivity contribution in [2.75, 3.05) is 20.2 Å². The third-order valence-electron chi connectivity index (χ3n) is 3.59. The summed E-state index contributed by atoms with van der Waals surface area (Å²) in [6.45, 7) is 4.91. The number of benzene rings is 2. The van der Waals surface area contributed by atoms with Crippen molar-refractivity contribution in [3.05, 3.63) is 65.7 Å². The molecule has 0 saturated carbocycles. The molecule has 0 aliphatic carbocycles. The lowest BCUT2D eigenvalue weighted by Crippen LogP contribution is -2.26. The summed E-state index contributed by atoms with van der Waals surface area (Å²) in [5, 5.41) is -0.0143. The molecule has 0 N–H and O–H groups in total. The summed E-state index contributed by atoms with van der Waals surface area (Å²) in [4.78, 5) is 2.36. The Kier molecular flexibility index (Phi) is 6.09. The van der Waals surface area contributed by atoms with E-state index < -0.39 is 0 Å². The van der Waals surface area contributed by atoms with Crippen LogP contribution < -0.4 is 4.74 Å². The Morgan fingerprint density at radius 3 is 2.29 bits per heavy atom. The van der Waals surface area contributed by atoms with Crippen molar-refractivity contribution in [2.45, 2.75) is 18.8 Å². The molecule has 0 aromatic heterocycles. The lowest BCUT2D eigenvalue weighted by atomic mass is 10.1. The van der Waals surface area contributed by atoms with Crippen LogP contribution in [0.1, 0.15) is 23.4 Å². The normalized spacial score (nSPS) is 12.4. The van der Waals surface area contributed by atoms with Gasteiger partial charge in [0.1, 0.15) is 5.75 Å². The largest absolute Gasteiger partial charge is 0.497 e. The van der Waals surface area contributed by atoms with Crippen molar-refractivity contribution in [1.29, 1.82) is 0 Å². The molecule has 0 aliphatic heterocycles. The topological polar surface area (TPSA) is 12.5 Å². The fourth-order valence-electron chi connectivity index (χ4n) is 2.29. The molecule has 0 saturated heterocycles. The van der Waals surface area contributed by atoms with Crippen molar-refractivity contribution in [3.8, 4) is 5.75 Å². The monoisotopic (exact) mass is 303 g/mol. The number of hydrogen-bond acceptors (Lipinski definition) is 2. The number of hydrogen-bond donors (Lipinski definition) is 0. The van der Waals surface area contributed by atoms with Gasteiger partial charge in [-0.3, -0.25) is 4.90 Å². The van der Waals surface area contributed by atoms with E-state index in [1.54, 1.807) is 7.11 Å². The Balaban J connectivity index is 1.96. The first-order valence-electron chi connectivity index (χ1n) is 7.27. The van der Waals surface area contributed by atoms with Gasteiger partial charge in [0.15, 0.2) is 0 Å². The summed E-state index contributed by atoms with van der Waals surface area (Å²) in [5.74, 6) is 0.860. The predicted molar refractivity (Wildman–Crippen MR) is 89.0 cm³/mol. The fourth-order valence-corrected chi connectivity index (χ4v) is 2.63. The Hall–Kier alpha value is -1.51. The van der Waals surface area contributed by atoms with E-state index in [1.165, 1.54) is 5.56 Å². The van der Waals surface area contributed by atoms with Crippen LogP contribution in [0.3, 0.4) is 0 Å². The van der Waals surface area contributed by atoms with Crippen LogP contribution in [0.2, 0.25) is 0 Å². The molecule has 1 unspecified atom stereocenters. The van der Waals surface area contributed by atoms with Gasteiger partial charge in [0.25, 0.3) is 0 Å². The zero-order valence-electron chi connectivity index (χ0n) is 12.6. The number of rotatable bonds is 7. The Morgan fingerprint density at radius 1 is 1.05 bits per heavy atom. The van der Waals surface area contributed by atoms with Crippen molar-refractivity contribution >= 4 is 11.6 Å². The maximum Gasteiger partial charge on any atom is 0.118 e. The summed E-state index contributed by atoms with van der Waals surface area (Å²) < 4.78 is 5.18. The minimum absolute atomic E-state index is 0.0143. The molecule has 2 nitrogen and oxygen atoms in total. The second kappa shape index (κ2) is 8.06. The Bertz CT molecular complexity index is 527. The highest BCUT2D eigenvalue weighted by Crippen LogP contribution is 2.24. The lowest BCUT2D eigenvalue weighted by Gasteiger charge is -2.23. The summed E-state index contributed by atoms with van der Waals surface area (Å²) >= 11 is 6.56. The van der Waals surface area contributed by atoms with Gasteiger partial charge in [0.2, 0.25) is 0 Å². The molecule has 2 aromatic carbocycles. The second-order valence-electron chi connectivity index (χ2n) is 5.05. The molecular weight excluding hydrogens is 282 g/mol. The van der Waals surface area contributed by atoms with E-state index in [0.29, 0.717) is 0 Å². The number of alkyl halides is 1. The smallest absolute Gasteiger partial charge is 0.118 e. The van der Waals surface area contributed by atoms with Crippen molar-refractivity contribution in [1.82, 2.24) is 4.90 Å². The first-order valence-corrected chi connectivity index (χ1v) is 7.71. The summed E-state index contributed by atoms with van der Waals surface area (Å²) in [6, 6.07) is 18.5. The number of ether oxygens (including phenoxy) is 1. The molecule has 0 bridgehead atoms. The third kappa shape index (κ3) is 4.76. The zero-order valence-corrected chi connectivity index (χ0v) is 13.4. The van der Waals surface area contributed by atoms with Gasteiger partial charge in [-0.15, -0.1) is 11.6 Å². The second-order valence-corrected chi connectivity index (χ2v) is 5.58. The molecule has 3 heteroatoms. The average molecular weight is 304 g/mol. The number of likely N-dealkylation sites (N-methyl/N-ethyl adjacent to an activating group) is 1. The molecule has 2 rings (SSSR count). The van der Waals surface area contributed by atoms with Crippen LogP contribution in [0.25, 0.3) is 0 Å². The van der Waals surface area contributed by atoms with Crippen molar-refractivity contribution in [3.63, 3.8) is 0 Å². The van der Waals surface area contributed by atoms with Crippen molar-refractivity contribution in [2.24, 2.45) is 0 Å². The van der Waals surface area contributed by atoms with Gasteiger partial charge < -0.3 is 4.74 Å². The van der Waals surface area contributed by atoms with E-state index in [4.69, 9.17) is 16.3 Å². The van der Waals surface area contributed by atoms with Crippen molar-refractivity contribution < 1.29 is 4.74 Å². The van der Waals surface area contributed by atoms with Crippen LogP contribution in [0.5, 0.6) is 5.75 Å². The zero-order chi connectivity index (χ0) is 15.1. The van der Waals surface area contributed by atoms with E-state index in [0.717, 1.165) is 30.9 Å². The third-order valence-corrected chi connectivity index (χ3v) is 3.98. The minimum Gasteiger partial charge on any atom is -0.497 e. The van der Waals surface area contributed by atoms with Crippen LogP contribution in [0.15, 0.2) is 54.6 Å². The Labute approximate surface area is 132 Å². The molecule has 1 atom stereocenters. The van der Waals surface area contributed by atoms with E-state index in [1.807, 2.05) is 30.3 Å². The number of halogens is 1. The highest BCUT2D eigenvalue weighted by Gasteiger charge is 2.13.